The van der Waals surface area contributed by atoms with Gasteiger partial charge in [-0.3, -0.25) is 0 Å². The largest absolute Gasteiger partial charge is 0.393 e. The van der Waals surface area contributed by atoms with Gasteiger partial charge < -0.3 is 10.2 Å². The lowest BCUT2D eigenvalue weighted by atomic mass is 9.95. The number of rotatable bonds is 3. The number of halogens is 1. The quantitative estimate of drug-likeness (QED) is 0.795. The van der Waals surface area contributed by atoms with E-state index in [1.807, 2.05) is 0 Å². The van der Waals surface area contributed by atoms with Crippen LogP contribution >= 0.6 is 15.9 Å². The van der Waals surface area contributed by atoms with Gasteiger partial charge in [0.05, 0.1) is 6.61 Å². The molecule has 0 radical (unpaired) electrons. The Kier molecular flexibility index (Phi) is 3.25. The van der Waals surface area contributed by atoms with Crippen LogP contribution in [0.3, 0.4) is 0 Å². The Morgan fingerprint density at radius 3 is 2.31 bits per heavy atom. The molecule has 1 atom stereocenters. The molecule has 0 amide bonds. The fraction of sp³-hybridized carbons (Fsp3) is 0.200. The first kappa shape index (κ1) is 10.4. The number of hydrogen-bond donors (Lipinski definition) is 2. The minimum Gasteiger partial charge on any atom is -0.393 e. The van der Waals surface area contributed by atoms with Crippen molar-refractivity contribution in [3.8, 4) is 0 Å². The summed E-state index contributed by atoms with van der Waals surface area (Å²) in [5, 5.41) is 18.8. The summed E-state index contributed by atoms with van der Waals surface area (Å²) in [6.07, 6.45) is 1.33. The van der Waals surface area contributed by atoms with E-state index in [2.05, 4.69) is 22.5 Å². The minimum absolute atomic E-state index is 0.363. The molecule has 1 aromatic carbocycles. The highest BCUT2D eigenvalue weighted by Crippen LogP contribution is 2.23. The zero-order valence-electron chi connectivity index (χ0n) is 7.07. The second-order valence-corrected chi connectivity index (χ2v) is 3.71. The van der Waals surface area contributed by atoms with Crippen molar-refractivity contribution in [1.29, 1.82) is 0 Å². The van der Waals surface area contributed by atoms with Crippen LogP contribution in [0.5, 0.6) is 0 Å². The fourth-order valence-corrected chi connectivity index (χ4v) is 1.28. The Bertz CT molecular complexity index is 294. The molecule has 2 N–H and O–H groups in total. The molecule has 1 aromatic rings. The molecular weight excluding hydrogens is 232 g/mol. The van der Waals surface area contributed by atoms with Crippen LogP contribution in [0.1, 0.15) is 5.56 Å². The van der Waals surface area contributed by atoms with Gasteiger partial charge in [0, 0.05) is 4.47 Å². The van der Waals surface area contributed by atoms with Gasteiger partial charge in [-0.1, -0.05) is 40.7 Å². The Labute approximate surface area is 85.7 Å². The number of hydrogen-bond acceptors (Lipinski definition) is 2. The van der Waals surface area contributed by atoms with E-state index in [9.17, 15) is 5.11 Å². The minimum atomic E-state index is -1.33. The SMILES string of the molecule is C=C[C@@](O)(CO)c1ccc(Br)cc1. The smallest absolute Gasteiger partial charge is 0.130 e. The van der Waals surface area contributed by atoms with E-state index in [0.29, 0.717) is 5.56 Å². The summed E-state index contributed by atoms with van der Waals surface area (Å²) < 4.78 is 0.931. The first-order valence-electron chi connectivity index (χ1n) is 3.85. The first-order chi connectivity index (χ1) is 6.12. The van der Waals surface area contributed by atoms with Gasteiger partial charge in [0.25, 0.3) is 0 Å². The number of aliphatic hydroxyl groups is 2. The van der Waals surface area contributed by atoms with Gasteiger partial charge in [-0.05, 0) is 17.7 Å². The summed E-state index contributed by atoms with van der Waals surface area (Å²) in [4.78, 5) is 0. The van der Waals surface area contributed by atoms with Crippen molar-refractivity contribution in [2.75, 3.05) is 6.61 Å². The average Bonchev–Trinajstić information content (AvgIpc) is 2.18. The molecular formula is C10H11BrO2. The number of aliphatic hydroxyl groups excluding tert-OH is 1. The monoisotopic (exact) mass is 242 g/mol. The molecule has 0 saturated heterocycles. The van der Waals surface area contributed by atoms with E-state index in [1.54, 1.807) is 24.3 Å². The van der Waals surface area contributed by atoms with Gasteiger partial charge in [-0.2, -0.15) is 0 Å². The molecule has 0 unspecified atom stereocenters. The Morgan fingerprint density at radius 1 is 1.38 bits per heavy atom. The summed E-state index contributed by atoms with van der Waals surface area (Å²) in [6.45, 7) is 3.12. The van der Waals surface area contributed by atoms with E-state index >= 15 is 0 Å². The zero-order chi connectivity index (χ0) is 9.90. The molecule has 0 bridgehead atoms. The van der Waals surface area contributed by atoms with Gasteiger partial charge >= 0.3 is 0 Å². The Balaban J connectivity index is 3.06. The van der Waals surface area contributed by atoms with Crippen LogP contribution in [0.4, 0.5) is 0 Å². The molecule has 13 heavy (non-hydrogen) atoms. The zero-order valence-corrected chi connectivity index (χ0v) is 8.66. The topological polar surface area (TPSA) is 40.5 Å². The van der Waals surface area contributed by atoms with Crippen molar-refractivity contribution >= 4 is 15.9 Å². The lowest BCUT2D eigenvalue weighted by molar-refractivity contribution is 0.0245. The van der Waals surface area contributed by atoms with Crippen LogP contribution in [0.2, 0.25) is 0 Å². The van der Waals surface area contributed by atoms with Gasteiger partial charge in [-0.25, -0.2) is 0 Å². The Hall–Kier alpha value is -0.640. The van der Waals surface area contributed by atoms with Gasteiger partial charge in [0.1, 0.15) is 5.60 Å². The molecule has 0 spiro atoms. The van der Waals surface area contributed by atoms with Crippen LogP contribution in [0, 0.1) is 0 Å². The lowest BCUT2D eigenvalue weighted by Gasteiger charge is -2.21. The van der Waals surface area contributed by atoms with Crippen LogP contribution in [0.15, 0.2) is 41.4 Å². The summed E-state index contributed by atoms with van der Waals surface area (Å²) in [5.41, 5.74) is -0.700. The normalized spacial score (nSPS) is 15.0. The molecule has 2 nitrogen and oxygen atoms in total. The molecule has 0 fully saturated rings. The predicted molar refractivity (Wildman–Crippen MR) is 55.3 cm³/mol. The summed E-state index contributed by atoms with van der Waals surface area (Å²) in [6, 6.07) is 7.09. The summed E-state index contributed by atoms with van der Waals surface area (Å²) in [5.74, 6) is 0. The second kappa shape index (κ2) is 4.05. The van der Waals surface area contributed by atoms with E-state index in [4.69, 9.17) is 5.11 Å². The Morgan fingerprint density at radius 2 is 1.92 bits per heavy atom. The fourth-order valence-electron chi connectivity index (χ4n) is 1.01. The van der Waals surface area contributed by atoms with E-state index in [1.165, 1.54) is 6.08 Å². The molecule has 0 aliphatic carbocycles. The summed E-state index contributed by atoms with van der Waals surface area (Å²) in [7, 11) is 0. The lowest BCUT2D eigenvalue weighted by Crippen LogP contribution is -2.27. The maximum absolute atomic E-state index is 9.81. The van der Waals surface area contributed by atoms with Crippen molar-refractivity contribution in [2.24, 2.45) is 0 Å². The van der Waals surface area contributed by atoms with Crippen molar-refractivity contribution in [2.45, 2.75) is 5.60 Å². The van der Waals surface area contributed by atoms with Crippen molar-refractivity contribution in [1.82, 2.24) is 0 Å². The van der Waals surface area contributed by atoms with Gasteiger partial charge in [0.15, 0.2) is 0 Å². The third kappa shape index (κ3) is 2.18. The van der Waals surface area contributed by atoms with Crippen molar-refractivity contribution < 1.29 is 10.2 Å². The molecule has 0 aliphatic rings. The molecule has 3 heteroatoms. The van der Waals surface area contributed by atoms with Crippen LogP contribution in [-0.2, 0) is 5.60 Å². The van der Waals surface area contributed by atoms with Crippen LogP contribution < -0.4 is 0 Å². The van der Waals surface area contributed by atoms with Crippen LogP contribution in [0.25, 0.3) is 0 Å². The average molecular weight is 243 g/mol. The van der Waals surface area contributed by atoms with E-state index in [0.717, 1.165) is 4.47 Å². The maximum Gasteiger partial charge on any atom is 0.130 e. The van der Waals surface area contributed by atoms with Crippen molar-refractivity contribution in [3.63, 3.8) is 0 Å². The molecule has 0 aromatic heterocycles. The third-order valence-corrected chi connectivity index (χ3v) is 2.45. The first-order valence-corrected chi connectivity index (χ1v) is 4.64. The maximum atomic E-state index is 9.81. The number of benzene rings is 1. The molecule has 1 rings (SSSR count). The predicted octanol–water partition coefficient (Wildman–Crippen LogP) is 1.81. The molecule has 0 saturated carbocycles. The van der Waals surface area contributed by atoms with Gasteiger partial charge in [0.2, 0.25) is 0 Å². The van der Waals surface area contributed by atoms with Crippen molar-refractivity contribution in [3.05, 3.63) is 47.0 Å². The molecule has 0 aliphatic heterocycles. The molecule has 0 heterocycles. The highest BCUT2D eigenvalue weighted by molar-refractivity contribution is 9.10. The second-order valence-electron chi connectivity index (χ2n) is 2.79. The van der Waals surface area contributed by atoms with Crippen LogP contribution in [-0.4, -0.2) is 16.8 Å². The van der Waals surface area contributed by atoms with E-state index < -0.39 is 5.60 Å². The summed E-state index contributed by atoms with van der Waals surface area (Å²) >= 11 is 3.29. The van der Waals surface area contributed by atoms with E-state index in [-0.39, 0.29) is 6.61 Å². The molecule has 70 valence electrons. The highest BCUT2D eigenvalue weighted by Gasteiger charge is 2.23. The standard InChI is InChI=1S/C10H11BrO2/c1-2-10(13,7-12)8-3-5-9(11)6-4-8/h2-6,12-13H,1,7H2/t10-/m1/s1. The highest BCUT2D eigenvalue weighted by atomic mass is 79.9. The third-order valence-electron chi connectivity index (χ3n) is 1.92. The van der Waals surface area contributed by atoms with Gasteiger partial charge in [-0.15, -0.1) is 0 Å².